The number of hydrogen-bond donors (Lipinski definition) is 1. The third kappa shape index (κ3) is 5.10. The Hall–Kier alpha value is -3.51. The zero-order valence-corrected chi connectivity index (χ0v) is 22.4. The Morgan fingerprint density at radius 3 is 2.53 bits per heavy atom. The number of aryl methyl sites for hydroxylation is 1. The molecule has 0 unspecified atom stereocenters. The van der Waals surface area contributed by atoms with Gasteiger partial charge in [-0.3, -0.25) is 4.72 Å². The summed E-state index contributed by atoms with van der Waals surface area (Å²) in [6, 6.07) is 7.78. The molecule has 0 radical (unpaired) electrons. The van der Waals surface area contributed by atoms with Gasteiger partial charge in [0.1, 0.15) is 17.5 Å². The van der Waals surface area contributed by atoms with E-state index in [0.717, 1.165) is 31.4 Å². The van der Waals surface area contributed by atoms with Crippen LogP contribution in [0.3, 0.4) is 0 Å². The minimum Gasteiger partial charge on any atom is -0.354 e. The van der Waals surface area contributed by atoms with Crippen molar-refractivity contribution in [1.82, 2.24) is 15.0 Å². The number of nitrogens with one attached hydrogen (secondary N) is 1. The Morgan fingerprint density at radius 1 is 1.05 bits per heavy atom. The minimum absolute atomic E-state index is 0.0112. The molecule has 1 fully saturated rings. The van der Waals surface area contributed by atoms with Crippen LogP contribution in [0.15, 0.2) is 47.5 Å². The smallest absolute Gasteiger partial charge is 0.267 e. The van der Waals surface area contributed by atoms with Crippen LogP contribution in [0.5, 0.6) is 0 Å². The summed E-state index contributed by atoms with van der Waals surface area (Å²) in [5.74, 6) is -2.18. The van der Waals surface area contributed by atoms with E-state index in [9.17, 15) is 17.2 Å². The fraction of sp³-hybridized carbons (Fsp3) is 0.269. The van der Waals surface area contributed by atoms with Crippen LogP contribution in [-0.4, -0.2) is 37.5 Å². The van der Waals surface area contributed by atoms with Gasteiger partial charge in [0.15, 0.2) is 15.8 Å². The number of sulfonamides is 1. The summed E-state index contributed by atoms with van der Waals surface area (Å²) in [6.07, 6.45) is 4.72. The summed E-state index contributed by atoms with van der Waals surface area (Å²) in [4.78, 5) is 14.8. The van der Waals surface area contributed by atoms with Crippen molar-refractivity contribution in [3.63, 3.8) is 0 Å². The van der Waals surface area contributed by atoms with Crippen LogP contribution >= 0.6 is 11.3 Å². The molecule has 1 saturated carbocycles. The van der Waals surface area contributed by atoms with Crippen LogP contribution in [0, 0.1) is 30.3 Å². The molecule has 0 amide bonds. The first-order valence-corrected chi connectivity index (χ1v) is 14.1. The molecule has 0 spiro atoms. The Kier molecular flexibility index (Phi) is 6.86. The first kappa shape index (κ1) is 26.1. The van der Waals surface area contributed by atoms with Gasteiger partial charge in [0.25, 0.3) is 10.0 Å². The second-order valence-corrected chi connectivity index (χ2v) is 12.0. The maximum atomic E-state index is 15.9. The predicted molar refractivity (Wildman–Crippen MR) is 141 cm³/mol. The van der Waals surface area contributed by atoms with Gasteiger partial charge < -0.3 is 4.90 Å². The van der Waals surface area contributed by atoms with E-state index in [2.05, 4.69) is 15.0 Å². The molecule has 1 N–H and O–H groups in total. The number of rotatable bonds is 8. The van der Waals surface area contributed by atoms with Crippen LogP contribution in [-0.2, 0) is 16.4 Å². The molecule has 0 saturated heterocycles. The molecule has 2 aromatic heterocycles. The van der Waals surface area contributed by atoms with Crippen molar-refractivity contribution in [2.24, 2.45) is 5.92 Å². The van der Waals surface area contributed by atoms with Crippen molar-refractivity contribution in [1.29, 1.82) is 0 Å². The SMILES string of the molecule is Cc1ccc(F)c(S(=O)(=O)Nc2cccc(-c3nc(N(C)C)sc3-c3ccnc(CC4CC4)n3)c2F)c1F. The highest BCUT2D eigenvalue weighted by molar-refractivity contribution is 7.92. The van der Waals surface area contributed by atoms with Crippen LogP contribution in [0.1, 0.15) is 24.2 Å². The molecule has 0 bridgehead atoms. The number of halogens is 3. The van der Waals surface area contributed by atoms with Crippen molar-refractivity contribution >= 4 is 32.2 Å². The zero-order valence-electron chi connectivity index (χ0n) is 20.8. The minimum atomic E-state index is -4.79. The molecule has 4 aromatic rings. The van der Waals surface area contributed by atoms with Gasteiger partial charge in [-0.15, -0.1) is 0 Å². The number of benzene rings is 2. The van der Waals surface area contributed by atoms with E-state index in [1.54, 1.807) is 31.3 Å². The van der Waals surface area contributed by atoms with Gasteiger partial charge in [-0.1, -0.05) is 23.5 Å². The second kappa shape index (κ2) is 9.99. The van der Waals surface area contributed by atoms with Crippen molar-refractivity contribution < 1.29 is 21.6 Å². The number of hydrogen-bond acceptors (Lipinski definition) is 7. The van der Waals surface area contributed by atoms with Gasteiger partial charge in [0.2, 0.25) is 0 Å². The highest BCUT2D eigenvalue weighted by Gasteiger charge is 2.28. The van der Waals surface area contributed by atoms with Gasteiger partial charge >= 0.3 is 0 Å². The normalized spacial score (nSPS) is 13.5. The molecule has 1 aliphatic carbocycles. The number of aromatic nitrogens is 3. The molecule has 2 heterocycles. The van der Waals surface area contributed by atoms with Crippen LogP contribution in [0.4, 0.5) is 24.0 Å². The Morgan fingerprint density at radius 2 is 1.82 bits per heavy atom. The Bertz CT molecular complexity index is 1640. The van der Waals surface area contributed by atoms with E-state index in [1.165, 1.54) is 36.5 Å². The highest BCUT2D eigenvalue weighted by Crippen LogP contribution is 2.41. The Balaban J connectivity index is 1.58. The van der Waals surface area contributed by atoms with Gasteiger partial charge in [0, 0.05) is 32.3 Å². The lowest BCUT2D eigenvalue weighted by atomic mass is 10.1. The summed E-state index contributed by atoms with van der Waals surface area (Å²) in [5, 5.41) is 0.589. The van der Waals surface area contributed by atoms with Gasteiger partial charge in [-0.2, -0.15) is 0 Å². The first-order valence-electron chi connectivity index (χ1n) is 11.8. The first-order chi connectivity index (χ1) is 18.0. The third-order valence-electron chi connectivity index (χ3n) is 6.11. The second-order valence-electron chi connectivity index (χ2n) is 9.35. The molecule has 12 heteroatoms. The van der Waals surface area contributed by atoms with Crippen molar-refractivity contribution in [3.8, 4) is 21.8 Å². The maximum absolute atomic E-state index is 15.9. The highest BCUT2D eigenvalue weighted by atomic mass is 32.2. The largest absolute Gasteiger partial charge is 0.354 e. The molecular formula is C26H24F3N5O2S2. The van der Waals surface area contributed by atoms with E-state index >= 15 is 4.39 Å². The summed E-state index contributed by atoms with van der Waals surface area (Å²) in [5.41, 5.74) is 0.323. The topological polar surface area (TPSA) is 88.1 Å². The number of thiazole rings is 1. The lowest BCUT2D eigenvalue weighted by Crippen LogP contribution is -2.18. The van der Waals surface area contributed by atoms with E-state index in [4.69, 9.17) is 0 Å². The fourth-order valence-corrected chi connectivity index (χ4v) is 6.17. The molecule has 5 rings (SSSR count). The van der Waals surface area contributed by atoms with Gasteiger partial charge in [-0.25, -0.2) is 36.5 Å². The monoisotopic (exact) mass is 559 g/mol. The number of nitrogens with zero attached hydrogens (tertiary/aromatic N) is 4. The quantitative estimate of drug-likeness (QED) is 0.293. The van der Waals surface area contributed by atoms with Crippen molar-refractivity contribution in [2.45, 2.75) is 31.1 Å². The molecular weight excluding hydrogens is 535 g/mol. The summed E-state index contributed by atoms with van der Waals surface area (Å²) < 4.78 is 72.6. The van der Waals surface area contributed by atoms with Crippen LogP contribution in [0.2, 0.25) is 0 Å². The summed E-state index contributed by atoms with van der Waals surface area (Å²) >= 11 is 1.31. The van der Waals surface area contributed by atoms with E-state index in [-0.39, 0.29) is 16.8 Å². The van der Waals surface area contributed by atoms with E-state index in [1.807, 2.05) is 4.72 Å². The molecule has 1 aliphatic rings. The lowest BCUT2D eigenvalue weighted by Gasteiger charge is -2.13. The molecule has 0 atom stereocenters. The molecule has 198 valence electrons. The lowest BCUT2D eigenvalue weighted by molar-refractivity contribution is 0.516. The molecule has 38 heavy (non-hydrogen) atoms. The maximum Gasteiger partial charge on any atom is 0.267 e. The molecule has 0 aliphatic heterocycles. The third-order valence-corrected chi connectivity index (χ3v) is 8.76. The standard InChI is InChI=1S/C26H24F3N5O2S2/c1-14-7-10-17(27)25(21(14)28)38(35,36)33-18-6-4-5-16(22(18)29)23-24(37-26(32-23)34(2)3)19-11-12-30-20(31-19)13-15-8-9-15/h4-7,10-12,15,33H,8-9,13H2,1-3H3. The predicted octanol–water partition coefficient (Wildman–Crippen LogP) is 5.81. The average molecular weight is 560 g/mol. The zero-order chi connectivity index (χ0) is 27.2. The number of anilines is 2. The van der Waals surface area contributed by atoms with Gasteiger partial charge in [0.05, 0.1) is 22.0 Å². The Labute approximate surface area is 222 Å². The van der Waals surface area contributed by atoms with Crippen molar-refractivity contribution in [3.05, 3.63) is 71.4 Å². The summed E-state index contributed by atoms with van der Waals surface area (Å²) in [7, 11) is -1.18. The van der Waals surface area contributed by atoms with Crippen LogP contribution < -0.4 is 9.62 Å². The fourth-order valence-electron chi connectivity index (χ4n) is 3.93. The average Bonchev–Trinajstić information content (AvgIpc) is 3.56. The summed E-state index contributed by atoms with van der Waals surface area (Å²) in [6.45, 7) is 1.31. The molecule has 2 aromatic carbocycles. The van der Waals surface area contributed by atoms with E-state index < -0.39 is 38.1 Å². The van der Waals surface area contributed by atoms with Crippen molar-refractivity contribution in [2.75, 3.05) is 23.7 Å². The van der Waals surface area contributed by atoms with Crippen LogP contribution in [0.25, 0.3) is 21.8 Å². The van der Waals surface area contributed by atoms with E-state index in [0.29, 0.717) is 27.4 Å². The molecule has 7 nitrogen and oxygen atoms in total. The van der Waals surface area contributed by atoms with Gasteiger partial charge in [-0.05, 0) is 55.5 Å².